The van der Waals surface area contributed by atoms with Gasteiger partial charge in [0.1, 0.15) is 63.7 Å². The van der Waals surface area contributed by atoms with E-state index in [1.54, 1.807) is 0 Å². The van der Waals surface area contributed by atoms with Crippen LogP contribution in [0.4, 0.5) is 35.1 Å². The summed E-state index contributed by atoms with van der Waals surface area (Å²) >= 11 is 0. The van der Waals surface area contributed by atoms with Gasteiger partial charge in [0.2, 0.25) is 0 Å². The van der Waals surface area contributed by atoms with E-state index in [1.165, 1.54) is 0 Å². The highest BCUT2D eigenvalue weighted by atomic mass is 32.2. The minimum absolute atomic E-state index is 0.264. The lowest BCUT2D eigenvalue weighted by Crippen LogP contribution is -2.06. The molecule has 2 aliphatic rings. The van der Waals surface area contributed by atoms with Crippen LogP contribution in [0.2, 0.25) is 0 Å². The van der Waals surface area contributed by atoms with Crippen molar-refractivity contribution >= 4 is 86.8 Å². The lowest BCUT2D eigenvalue weighted by Gasteiger charge is -2.14. The lowest BCUT2D eigenvalue weighted by atomic mass is 10.0. The van der Waals surface area contributed by atoms with E-state index in [9.17, 15) is 51.9 Å². The standard InChI is InChI=1S/C44H22F8N4O12S4/c45-17-1-13-29(69(57,58)59)41(49)33(17)37-21-5-7-23(53-21)38(34-18(46)2-14-30(42(34)50)70(60,61)62)25-9-11-27(55-25)40(36-20(48)4-16-32(44(36)52)72(66,67)68)28-12-10-26(56-28)39(24-8-6-22(37)54-24)35-19(47)3-15-31(43(35)51)71(63,64)65/h1-16,53,56H,(H,57,58,59)(H,60,61,62)(H,63,64,65)(H,66,67,68)/p-4. The summed E-state index contributed by atoms with van der Waals surface area (Å²) < 4.78 is 277. The SMILES string of the molecule is O=S(=O)([O-])c1ccc(F)c(-c2c3nc(c(-c4c(F)ccc(S(=O)(=O)[O-])c4F)c4ccc([nH]4)c(-c4c(F)ccc(S(=O)(=O)[O-])c4F)c4nc(c(-c5c(F)ccc(S(=O)(=O)[O-])c5F)c5ccc2[nH]5)C=C4)C=C3)c1F. The van der Waals surface area contributed by atoms with Crippen LogP contribution >= 0.6 is 0 Å². The number of H-pyrrole nitrogens is 2. The van der Waals surface area contributed by atoms with Gasteiger partial charge in [0.25, 0.3) is 0 Å². The van der Waals surface area contributed by atoms with Crippen LogP contribution < -0.4 is 0 Å². The van der Waals surface area contributed by atoms with Gasteiger partial charge in [-0.05, 0) is 97.1 Å². The second-order valence-corrected chi connectivity index (χ2v) is 20.6. The third-order valence-electron chi connectivity index (χ3n) is 11.1. The van der Waals surface area contributed by atoms with Crippen LogP contribution in [0.1, 0.15) is 22.8 Å². The Morgan fingerprint density at radius 1 is 0.306 bits per heavy atom. The average Bonchev–Trinajstić information content (AvgIpc) is 4.11. The summed E-state index contributed by atoms with van der Waals surface area (Å²) in [5.74, 6) is -14.7. The highest BCUT2D eigenvalue weighted by Crippen LogP contribution is 2.44. The van der Waals surface area contributed by atoms with Crippen LogP contribution in [0, 0.1) is 46.5 Å². The zero-order valence-electron chi connectivity index (χ0n) is 34.7. The predicted octanol–water partition coefficient (Wildman–Crippen LogP) is 8.05. The molecule has 16 nitrogen and oxygen atoms in total. The third kappa shape index (κ3) is 8.34. The zero-order chi connectivity index (χ0) is 52.3. The largest absolute Gasteiger partial charge is 0.744 e. The van der Waals surface area contributed by atoms with E-state index in [1.807, 2.05) is 0 Å². The van der Waals surface area contributed by atoms with Gasteiger partial charge in [0, 0.05) is 44.3 Å². The van der Waals surface area contributed by atoms with Crippen molar-refractivity contribution in [3.63, 3.8) is 0 Å². The van der Waals surface area contributed by atoms with Gasteiger partial charge in [-0.15, -0.1) is 0 Å². The van der Waals surface area contributed by atoms with Crippen molar-refractivity contribution in [1.29, 1.82) is 0 Å². The van der Waals surface area contributed by atoms with Gasteiger partial charge in [-0.1, -0.05) is 0 Å². The molecule has 0 fully saturated rings. The molecule has 7 aromatic rings. The molecule has 5 heterocycles. The minimum Gasteiger partial charge on any atom is -0.744 e. The summed E-state index contributed by atoms with van der Waals surface area (Å²) in [6, 6.07) is 5.99. The molecule has 0 saturated heterocycles. The number of rotatable bonds is 8. The van der Waals surface area contributed by atoms with Crippen molar-refractivity contribution < 1.29 is 87.0 Å². The number of nitrogens with one attached hydrogen (secondary N) is 2. The first-order valence-electron chi connectivity index (χ1n) is 19.5. The summed E-state index contributed by atoms with van der Waals surface area (Å²) in [5, 5.41) is 0. The Hall–Kier alpha value is -7.44. The molecule has 3 aromatic heterocycles. The molecule has 72 heavy (non-hydrogen) atoms. The maximum absolute atomic E-state index is 16.5. The number of fused-ring (bicyclic) bond motifs is 8. The molecule has 8 bridgehead atoms. The van der Waals surface area contributed by atoms with Gasteiger partial charge in [-0.25, -0.2) is 78.8 Å². The van der Waals surface area contributed by atoms with Crippen molar-refractivity contribution in [2.45, 2.75) is 19.6 Å². The Balaban J connectivity index is 1.59. The third-order valence-corrected chi connectivity index (χ3v) is 14.5. The van der Waals surface area contributed by atoms with Crippen LogP contribution in [0.25, 0.3) is 90.9 Å². The van der Waals surface area contributed by atoms with Crippen molar-refractivity contribution in [2.75, 3.05) is 0 Å². The highest BCUT2D eigenvalue weighted by Gasteiger charge is 2.30. The summed E-state index contributed by atoms with van der Waals surface area (Å²) in [7, 11) is -23.1. The molecule has 0 atom stereocenters. The Kier molecular flexibility index (Phi) is 11.8. The van der Waals surface area contributed by atoms with Crippen molar-refractivity contribution in [1.82, 2.24) is 19.9 Å². The molecule has 28 heteroatoms. The fourth-order valence-corrected chi connectivity index (χ4v) is 10.3. The van der Waals surface area contributed by atoms with Gasteiger partial charge in [0.05, 0.1) is 64.6 Å². The summed E-state index contributed by atoms with van der Waals surface area (Å²) in [6.07, 6.45) is 3.46. The quantitative estimate of drug-likeness (QED) is 0.108. The lowest BCUT2D eigenvalue weighted by molar-refractivity contribution is 0.451. The van der Waals surface area contributed by atoms with Crippen LogP contribution in [-0.4, -0.2) is 71.8 Å². The van der Waals surface area contributed by atoms with E-state index in [0.717, 1.165) is 48.6 Å². The normalized spacial score (nSPS) is 13.1. The van der Waals surface area contributed by atoms with E-state index in [4.69, 9.17) is 0 Å². The molecule has 0 spiro atoms. The number of benzene rings is 4. The van der Waals surface area contributed by atoms with E-state index in [0.29, 0.717) is 24.3 Å². The van der Waals surface area contributed by atoms with Gasteiger partial charge in [-0.2, -0.15) is 0 Å². The molecule has 0 unspecified atom stereocenters. The molecule has 0 radical (unpaired) electrons. The molecule has 0 saturated carbocycles. The van der Waals surface area contributed by atoms with Gasteiger partial charge >= 0.3 is 0 Å². The van der Waals surface area contributed by atoms with E-state index in [-0.39, 0.29) is 24.3 Å². The second kappa shape index (κ2) is 17.1. The van der Waals surface area contributed by atoms with Crippen molar-refractivity contribution in [3.05, 3.63) is 142 Å². The van der Waals surface area contributed by atoms with E-state index >= 15 is 35.1 Å². The molecule has 9 rings (SSSR count). The molecular formula is C44H18F8N4O12S4-4. The molecule has 0 aliphatic carbocycles. The van der Waals surface area contributed by atoms with Crippen LogP contribution in [0.5, 0.6) is 0 Å². The maximum Gasteiger partial charge on any atom is 0.151 e. The summed E-state index contributed by atoms with van der Waals surface area (Å²) in [6.45, 7) is 0. The number of halogens is 8. The Morgan fingerprint density at radius 3 is 0.681 bits per heavy atom. The first kappa shape index (κ1) is 49.5. The van der Waals surface area contributed by atoms with Gasteiger partial charge in [-0.3, -0.25) is 0 Å². The molecule has 2 N–H and O–H groups in total. The average molecular weight is 1070 g/mol. The number of hydrogen-bond acceptors (Lipinski definition) is 14. The highest BCUT2D eigenvalue weighted by molar-refractivity contribution is 7.86. The first-order valence-corrected chi connectivity index (χ1v) is 25.1. The van der Waals surface area contributed by atoms with E-state index < -0.39 is 196 Å². The smallest absolute Gasteiger partial charge is 0.151 e. The Morgan fingerprint density at radius 2 is 0.500 bits per heavy atom. The fourth-order valence-electron chi connectivity index (χ4n) is 8.08. The molecule has 4 aromatic carbocycles. The molecular weight excluding hydrogens is 1060 g/mol. The van der Waals surface area contributed by atoms with Gasteiger partial charge < -0.3 is 28.2 Å². The molecule has 2 aliphatic heterocycles. The van der Waals surface area contributed by atoms with E-state index in [2.05, 4.69) is 19.9 Å². The zero-order valence-corrected chi connectivity index (χ0v) is 38.0. The number of nitrogens with zero attached hydrogens (tertiary/aromatic N) is 2. The first-order chi connectivity index (χ1) is 33.6. The topological polar surface area (TPSA) is 286 Å². The monoisotopic (exact) mass is 1070 g/mol. The van der Waals surface area contributed by atoms with Gasteiger partial charge in [0.15, 0.2) is 23.3 Å². The Bertz CT molecular complexity index is 3790. The van der Waals surface area contributed by atoms with Crippen LogP contribution in [0.3, 0.4) is 0 Å². The number of hydrogen-bond donors (Lipinski definition) is 2. The van der Waals surface area contributed by atoms with Crippen molar-refractivity contribution in [2.24, 2.45) is 0 Å². The predicted molar refractivity (Wildman–Crippen MR) is 232 cm³/mol. The van der Waals surface area contributed by atoms with Crippen LogP contribution in [-0.2, 0) is 40.5 Å². The minimum atomic E-state index is -5.77. The fraction of sp³-hybridized carbons (Fsp3) is 0. The summed E-state index contributed by atoms with van der Waals surface area (Å²) in [5.41, 5.74) is -14.4. The Labute approximate surface area is 398 Å². The summed E-state index contributed by atoms with van der Waals surface area (Å²) in [4.78, 5) is 7.08. The van der Waals surface area contributed by atoms with Crippen molar-refractivity contribution in [3.8, 4) is 44.5 Å². The second-order valence-electron chi connectivity index (χ2n) is 15.3. The number of aromatic nitrogens is 4. The molecule has 0 amide bonds. The van der Waals surface area contributed by atoms with Crippen LogP contribution in [0.15, 0.2) is 92.4 Å². The maximum atomic E-state index is 16.5. The molecule has 370 valence electrons. The number of aromatic amines is 2.